The smallest absolute Gasteiger partial charge is 0.416 e. The van der Waals surface area contributed by atoms with Crippen LogP contribution in [0.1, 0.15) is 16.1 Å². The molecule has 6 nitrogen and oxygen atoms in total. The van der Waals surface area contributed by atoms with E-state index in [9.17, 15) is 22.8 Å². The molecule has 0 aliphatic rings. The summed E-state index contributed by atoms with van der Waals surface area (Å²) >= 11 is 5.74. The Balaban J connectivity index is 1.99. The molecule has 2 aromatic rings. The van der Waals surface area contributed by atoms with Crippen LogP contribution in [0.5, 0.6) is 0 Å². The predicted octanol–water partition coefficient (Wildman–Crippen LogP) is 2.94. The maximum atomic E-state index is 12.6. The van der Waals surface area contributed by atoms with Crippen molar-refractivity contribution in [1.29, 1.82) is 0 Å². The van der Waals surface area contributed by atoms with Gasteiger partial charge in [0.1, 0.15) is 0 Å². The van der Waals surface area contributed by atoms with E-state index in [0.717, 1.165) is 18.3 Å². The molecule has 24 heavy (non-hydrogen) atoms. The quantitative estimate of drug-likeness (QED) is 0.849. The van der Waals surface area contributed by atoms with Crippen molar-refractivity contribution in [2.75, 3.05) is 11.9 Å². The molecule has 0 spiro atoms. The van der Waals surface area contributed by atoms with E-state index in [2.05, 4.69) is 20.0 Å². The third-order valence-electron chi connectivity index (χ3n) is 2.67. The first-order valence-corrected chi connectivity index (χ1v) is 6.75. The highest BCUT2D eigenvalue weighted by Gasteiger charge is 2.31. The first kappa shape index (κ1) is 17.7. The third-order valence-corrected chi connectivity index (χ3v) is 3.00. The van der Waals surface area contributed by atoms with Crippen LogP contribution in [-0.2, 0) is 15.7 Å². The number of rotatable bonds is 4. The minimum Gasteiger partial charge on any atom is -0.451 e. The minimum absolute atomic E-state index is 0.0865. The summed E-state index contributed by atoms with van der Waals surface area (Å²) in [5.41, 5.74) is -1.33. The molecule has 2 rings (SSSR count). The topological polar surface area (TPSA) is 81.2 Å². The number of ether oxygens (including phenoxy) is 1. The molecule has 1 heterocycles. The SMILES string of the molecule is O=C(COC(=O)c1cnccn1)Nc1cc(C(F)(F)F)ccc1Cl. The van der Waals surface area contributed by atoms with Crippen molar-refractivity contribution < 1.29 is 27.5 Å². The van der Waals surface area contributed by atoms with Crippen molar-refractivity contribution in [3.05, 3.63) is 53.1 Å². The van der Waals surface area contributed by atoms with Crippen molar-refractivity contribution >= 4 is 29.2 Å². The van der Waals surface area contributed by atoms with E-state index in [0.29, 0.717) is 6.07 Å². The third kappa shape index (κ3) is 4.66. The van der Waals surface area contributed by atoms with Gasteiger partial charge in [0.05, 0.1) is 22.5 Å². The van der Waals surface area contributed by atoms with Gasteiger partial charge in [0.2, 0.25) is 0 Å². The largest absolute Gasteiger partial charge is 0.451 e. The summed E-state index contributed by atoms with van der Waals surface area (Å²) < 4.78 is 42.6. The molecule has 0 bridgehead atoms. The molecule has 0 aliphatic heterocycles. The second-order valence-corrected chi connectivity index (χ2v) is 4.81. The average Bonchev–Trinajstić information content (AvgIpc) is 2.54. The lowest BCUT2D eigenvalue weighted by Crippen LogP contribution is -2.21. The van der Waals surface area contributed by atoms with Crippen LogP contribution >= 0.6 is 11.6 Å². The van der Waals surface area contributed by atoms with Gasteiger partial charge in [-0.1, -0.05) is 11.6 Å². The molecule has 10 heteroatoms. The van der Waals surface area contributed by atoms with E-state index in [-0.39, 0.29) is 16.4 Å². The number of nitrogens with one attached hydrogen (secondary N) is 1. The Hall–Kier alpha value is -2.68. The number of hydrogen-bond donors (Lipinski definition) is 1. The normalized spacial score (nSPS) is 11.0. The molecule has 1 aromatic heterocycles. The van der Waals surface area contributed by atoms with Gasteiger partial charge < -0.3 is 10.1 Å². The Bertz CT molecular complexity index is 754. The number of halogens is 4. The van der Waals surface area contributed by atoms with E-state index in [1.807, 2.05) is 0 Å². The van der Waals surface area contributed by atoms with E-state index >= 15 is 0 Å². The molecule has 0 saturated heterocycles. The summed E-state index contributed by atoms with van der Waals surface area (Å²) in [5.74, 6) is -1.75. The second-order valence-electron chi connectivity index (χ2n) is 4.41. The maximum Gasteiger partial charge on any atom is 0.416 e. The van der Waals surface area contributed by atoms with Crippen LogP contribution in [0.3, 0.4) is 0 Å². The number of carbonyl (C=O) groups is 2. The molecule has 0 fully saturated rings. The molecule has 0 radical (unpaired) electrons. The summed E-state index contributed by atoms with van der Waals surface area (Å²) in [5, 5.41) is 2.06. The molecule has 1 amide bonds. The number of anilines is 1. The zero-order valence-corrected chi connectivity index (χ0v) is 12.6. The Morgan fingerprint density at radius 3 is 2.62 bits per heavy atom. The fourth-order valence-electron chi connectivity index (χ4n) is 1.59. The predicted molar refractivity (Wildman–Crippen MR) is 77.4 cm³/mol. The molecular weight excluding hydrogens is 351 g/mol. The number of hydrogen-bond acceptors (Lipinski definition) is 5. The summed E-state index contributed by atoms with van der Waals surface area (Å²) in [4.78, 5) is 30.6. The van der Waals surface area contributed by atoms with Gasteiger partial charge in [0.25, 0.3) is 5.91 Å². The second kappa shape index (κ2) is 7.26. The van der Waals surface area contributed by atoms with Crippen molar-refractivity contribution in [2.45, 2.75) is 6.18 Å². The highest BCUT2D eigenvalue weighted by atomic mass is 35.5. The zero-order valence-electron chi connectivity index (χ0n) is 11.8. The highest BCUT2D eigenvalue weighted by Crippen LogP contribution is 2.33. The van der Waals surface area contributed by atoms with Gasteiger partial charge in [0.15, 0.2) is 12.3 Å². The van der Waals surface area contributed by atoms with Crippen molar-refractivity contribution in [3.8, 4) is 0 Å². The van der Waals surface area contributed by atoms with Crippen LogP contribution in [0.25, 0.3) is 0 Å². The first-order chi connectivity index (χ1) is 11.3. The Morgan fingerprint density at radius 2 is 2.00 bits per heavy atom. The van der Waals surface area contributed by atoms with Crippen molar-refractivity contribution in [2.24, 2.45) is 0 Å². The van der Waals surface area contributed by atoms with Crippen molar-refractivity contribution in [1.82, 2.24) is 9.97 Å². The van der Waals surface area contributed by atoms with Gasteiger partial charge in [0, 0.05) is 12.4 Å². The van der Waals surface area contributed by atoms with Gasteiger partial charge in [-0.05, 0) is 18.2 Å². The first-order valence-electron chi connectivity index (χ1n) is 6.37. The lowest BCUT2D eigenvalue weighted by atomic mass is 10.2. The lowest BCUT2D eigenvalue weighted by molar-refractivity contribution is -0.137. The maximum absolute atomic E-state index is 12.6. The highest BCUT2D eigenvalue weighted by molar-refractivity contribution is 6.33. The zero-order chi connectivity index (χ0) is 17.7. The van der Waals surface area contributed by atoms with Crippen LogP contribution in [0.15, 0.2) is 36.8 Å². The lowest BCUT2D eigenvalue weighted by Gasteiger charge is -2.11. The Kier molecular flexibility index (Phi) is 5.35. The van der Waals surface area contributed by atoms with Gasteiger partial charge in [-0.25, -0.2) is 9.78 Å². The molecule has 0 saturated carbocycles. The number of benzene rings is 1. The standard InChI is InChI=1S/C14H9ClF3N3O3/c15-9-2-1-8(14(16,17)18)5-10(9)21-12(22)7-24-13(23)11-6-19-3-4-20-11/h1-6H,7H2,(H,21,22). The Morgan fingerprint density at radius 1 is 1.25 bits per heavy atom. The minimum atomic E-state index is -4.58. The Labute approximate surface area is 138 Å². The average molecular weight is 360 g/mol. The van der Waals surface area contributed by atoms with Crippen molar-refractivity contribution in [3.63, 3.8) is 0 Å². The fraction of sp³-hybridized carbons (Fsp3) is 0.143. The summed E-state index contributed by atoms with van der Waals surface area (Å²) in [6.45, 7) is -0.720. The molecule has 126 valence electrons. The molecular formula is C14H9ClF3N3O3. The number of amides is 1. The van der Waals surface area contributed by atoms with E-state index in [1.54, 1.807) is 0 Å². The summed E-state index contributed by atoms with van der Waals surface area (Å²) in [6.07, 6.45) is -0.829. The van der Waals surface area contributed by atoms with Gasteiger partial charge in [-0.3, -0.25) is 9.78 Å². The number of carbonyl (C=O) groups excluding carboxylic acids is 2. The molecule has 0 aliphatic carbocycles. The summed E-state index contributed by atoms with van der Waals surface area (Å²) in [7, 11) is 0. The molecule has 0 atom stereocenters. The van der Waals surface area contributed by atoms with Gasteiger partial charge in [-0.15, -0.1) is 0 Å². The van der Waals surface area contributed by atoms with E-state index < -0.39 is 30.2 Å². The summed E-state index contributed by atoms with van der Waals surface area (Å²) in [6, 6.07) is 2.47. The van der Waals surface area contributed by atoms with Gasteiger partial charge in [-0.2, -0.15) is 13.2 Å². The van der Waals surface area contributed by atoms with Crippen LogP contribution in [0, 0.1) is 0 Å². The van der Waals surface area contributed by atoms with E-state index in [4.69, 9.17) is 11.6 Å². The van der Waals surface area contributed by atoms with Crippen LogP contribution in [0.4, 0.5) is 18.9 Å². The van der Waals surface area contributed by atoms with Gasteiger partial charge >= 0.3 is 12.1 Å². The molecule has 0 unspecified atom stereocenters. The fourth-order valence-corrected chi connectivity index (χ4v) is 1.76. The van der Waals surface area contributed by atoms with Crippen LogP contribution in [0.2, 0.25) is 5.02 Å². The number of alkyl halides is 3. The number of esters is 1. The monoisotopic (exact) mass is 359 g/mol. The van der Waals surface area contributed by atoms with Crippen LogP contribution in [-0.4, -0.2) is 28.5 Å². The molecule has 1 aromatic carbocycles. The van der Waals surface area contributed by atoms with Crippen LogP contribution < -0.4 is 5.32 Å². The number of aromatic nitrogens is 2. The number of nitrogens with zero attached hydrogens (tertiary/aromatic N) is 2. The molecule has 1 N–H and O–H groups in total. The van der Waals surface area contributed by atoms with E-state index in [1.165, 1.54) is 12.4 Å².